The maximum atomic E-state index is 13.1. The summed E-state index contributed by atoms with van der Waals surface area (Å²) < 4.78 is 17.4. The van der Waals surface area contributed by atoms with Gasteiger partial charge >= 0.3 is 6.09 Å². The first kappa shape index (κ1) is 10.3. The van der Waals surface area contributed by atoms with Gasteiger partial charge in [0.15, 0.2) is 11.6 Å². The van der Waals surface area contributed by atoms with Crippen molar-refractivity contribution in [2.45, 2.75) is 0 Å². The van der Waals surface area contributed by atoms with Crippen molar-refractivity contribution in [3.05, 3.63) is 28.5 Å². The molecule has 0 unspecified atom stereocenters. The number of ether oxygens (including phenoxy) is 1. The van der Waals surface area contributed by atoms with Crippen LogP contribution in [0.5, 0.6) is 5.75 Å². The third kappa shape index (κ3) is 2.12. The summed E-state index contributed by atoms with van der Waals surface area (Å²) in [5.41, 5.74) is 4.50. The van der Waals surface area contributed by atoms with Crippen LogP contribution in [0.1, 0.15) is 5.56 Å². The number of halogens is 2. The molecule has 0 aromatic heterocycles. The van der Waals surface area contributed by atoms with Crippen LogP contribution in [0.25, 0.3) is 0 Å². The molecule has 0 fully saturated rings. The number of carbonyl (C=O) groups is 1. The van der Waals surface area contributed by atoms with Crippen LogP contribution in [0.4, 0.5) is 9.18 Å². The van der Waals surface area contributed by atoms with E-state index < -0.39 is 17.7 Å². The standard InChI is InChI=1S/C8H4ClFN2O2/c9-5-1-4(3-11)7(6(10)2-5)14-8(12)13/h1-2H,(H2,12,13). The number of carbonyl (C=O) groups excluding carboxylic acids is 1. The molecule has 0 aliphatic carbocycles. The van der Waals surface area contributed by atoms with Gasteiger partial charge in [-0.05, 0) is 12.1 Å². The Morgan fingerprint density at radius 1 is 1.64 bits per heavy atom. The van der Waals surface area contributed by atoms with Crippen LogP contribution in [0.3, 0.4) is 0 Å². The molecule has 4 nitrogen and oxygen atoms in total. The zero-order valence-corrected chi connectivity index (χ0v) is 7.51. The number of amides is 1. The maximum absolute atomic E-state index is 13.1. The first-order valence-corrected chi connectivity index (χ1v) is 3.79. The minimum Gasteiger partial charge on any atom is -0.406 e. The lowest BCUT2D eigenvalue weighted by Gasteiger charge is -2.04. The summed E-state index contributed by atoms with van der Waals surface area (Å²) in [5.74, 6) is -1.42. The smallest absolute Gasteiger partial charge is 0.406 e. The largest absolute Gasteiger partial charge is 0.410 e. The summed E-state index contributed by atoms with van der Waals surface area (Å²) in [4.78, 5) is 10.4. The summed E-state index contributed by atoms with van der Waals surface area (Å²) in [6.07, 6.45) is -1.19. The number of nitriles is 1. The number of hydrogen-bond acceptors (Lipinski definition) is 3. The molecule has 6 heteroatoms. The highest BCUT2D eigenvalue weighted by molar-refractivity contribution is 6.30. The van der Waals surface area contributed by atoms with Gasteiger partial charge in [-0.25, -0.2) is 9.18 Å². The number of rotatable bonds is 1. The van der Waals surface area contributed by atoms with E-state index in [0.717, 1.165) is 6.07 Å². The topological polar surface area (TPSA) is 76.1 Å². The zero-order valence-electron chi connectivity index (χ0n) is 6.75. The van der Waals surface area contributed by atoms with Crippen molar-refractivity contribution in [1.29, 1.82) is 5.26 Å². The van der Waals surface area contributed by atoms with Crippen molar-refractivity contribution < 1.29 is 13.9 Å². The van der Waals surface area contributed by atoms with Crippen molar-refractivity contribution in [2.24, 2.45) is 5.73 Å². The Hall–Kier alpha value is -1.80. The molecule has 0 saturated carbocycles. The third-order valence-electron chi connectivity index (χ3n) is 1.33. The molecule has 72 valence electrons. The molecule has 0 aliphatic heterocycles. The van der Waals surface area contributed by atoms with Crippen molar-refractivity contribution in [3.63, 3.8) is 0 Å². The van der Waals surface area contributed by atoms with E-state index in [1.807, 2.05) is 0 Å². The van der Waals surface area contributed by atoms with Crippen LogP contribution in [-0.2, 0) is 0 Å². The number of primary amides is 1. The van der Waals surface area contributed by atoms with E-state index >= 15 is 0 Å². The van der Waals surface area contributed by atoms with Crippen LogP contribution >= 0.6 is 11.6 Å². The molecule has 0 saturated heterocycles. The molecule has 14 heavy (non-hydrogen) atoms. The maximum Gasteiger partial charge on any atom is 0.410 e. The Morgan fingerprint density at radius 3 is 2.79 bits per heavy atom. The minimum atomic E-state index is -1.19. The van der Waals surface area contributed by atoms with Crippen LogP contribution < -0.4 is 10.5 Å². The summed E-state index contributed by atoms with van der Waals surface area (Å²) in [6.45, 7) is 0. The summed E-state index contributed by atoms with van der Waals surface area (Å²) in [5, 5.41) is 8.61. The lowest BCUT2D eigenvalue weighted by molar-refractivity contribution is 0.208. The Bertz CT molecular complexity index is 428. The first-order valence-electron chi connectivity index (χ1n) is 3.41. The Morgan fingerprint density at radius 2 is 2.29 bits per heavy atom. The van der Waals surface area contributed by atoms with Gasteiger partial charge in [0.25, 0.3) is 0 Å². The number of nitrogens with zero attached hydrogens (tertiary/aromatic N) is 1. The van der Waals surface area contributed by atoms with E-state index in [2.05, 4.69) is 10.5 Å². The van der Waals surface area contributed by atoms with Crippen LogP contribution in [0.15, 0.2) is 12.1 Å². The van der Waals surface area contributed by atoms with Crippen molar-refractivity contribution in [1.82, 2.24) is 0 Å². The highest BCUT2D eigenvalue weighted by Crippen LogP contribution is 2.26. The van der Waals surface area contributed by atoms with E-state index in [0.29, 0.717) is 0 Å². The second kappa shape index (κ2) is 3.94. The highest BCUT2D eigenvalue weighted by Gasteiger charge is 2.13. The molecular formula is C8H4ClFN2O2. The van der Waals surface area contributed by atoms with Gasteiger partial charge in [0.05, 0.1) is 5.56 Å². The fourth-order valence-corrected chi connectivity index (χ4v) is 1.05. The predicted molar refractivity (Wildman–Crippen MR) is 46.3 cm³/mol. The quantitative estimate of drug-likeness (QED) is 0.775. The monoisotopic (exact) mass is 214 g/mol. The molecule has 0 spiro atoms. The third-order valence-corrected chi connectivity index (χ3v) is 1.55. The Kier molecular flexibility index (Phi) is 2.89. The second-order valence-corrected chi connectivity index (χ2v) is 2.73. The van der Waals surface area contributed by atoms with Crippen LogP contribution in [0.2, 0.25) is 5.02 Å². The van der Waals surface area contributed by atoms with E-state index in [9.17, 15) is 9.18 Å². The Balaban J connectivity index is 3.27. The lowest BCUT2D eigenvalue weighted by Crippen LogP contribution is -2.17. The lowest BCUT2D eigenvalue weighted by atomic mass is 10.2. The highest BCUT2D eigenvalue weighted by atomic mass is 35.5. The zero-order chi connectivity index (χ0) is 10.7. The Labute approximate surface area is 83.6 Å². The summed E-state index contributed by atoms with van der Waals surface area (Å²) in [6, 6.07) is 3.71. The molecule has 0 heterocycles. The summed E-state index contributed by atoms with van der Waals surface area (Å²) in [7, 11) is 0. The van der Waals surface area contributed by atoms with Gasteiger partial charge in [-0.3, -0.25) is 0 Å². The van der Waals surface area contributed by atoms with E-state index in [-0.39, 0.29) is 10.6 Å². The average Bonchev–Trinajstić information content (AvgIpc) is 2.08. The number of hydrogen-bond donors (Lipinski definition) is 1. The summed E-state index contributed by atoms with van der Waals surface area (Å²) >= 11 is 5.47. The second-order valence-electron chi connectivity index (χ2n) is 2.30. The molecule has 1 amide bonds. The molecule has 0 atom stereocenters. The molecule has 1 aromatic carbocycles. The molecule has 0 aliphatic rings. The SMILES string of the molecule is N#Cc1cc(Cl)cc(F)c1OC(N)=O. The average molecular weight is 215 g/mol. The van der Waals surface area contributed by atoms with Gasteiger partial charge in [0, 0.05) is 5.02 Å². The van der Waals surface area contributed by atoms with Crippen LogP contribution in [0, 0.1) is 17.1 Å². The molecule has 1 rings (SSSR count). The van der Waals surface area contributed by atoms with E-state index in [4.69, 9.17) is 16.9 Å². The van der Waals surface area contributed by atoms with Gasteiger partial charge in [-0.15, -0.1) is 0 Å². The van der Waals surface area contributed by atoms with Crippen molar-refractivity contribution in [3.8, 4) is 11.8 Å². The number of nitrogens with two attached hydrogens (primary N) is 1. The van der Waals surface area contributed by atoms with Gasteiger partial charge in [0.2, 0.25) is 0 Å². The fraction of sp³-hybridized carbons (Fsp3) is 0. The molecule has 0 bridgehead atoms. The molecule has 2 N–H and O–H groups in total. The van der Waals surface area contributed by atoms with Crippen LogP contribution in [-0.4, -0.2) is 6.09 Å². The van der Waals surface area contributed by atoms with Crippen molar-refractivity contribution in [2.75, 3.05) is 0 Å². The van der Waals surface area contributed by atoms with Gasteiger partial charge < -0.3 is 10.5 Å². The predicted octanol–water partition coefficient (Wildman–Crippen LogP) is 1.81. The van der Waals surface area contributed by atoms with E-state index in [1.54, 1.807) is 6.07 Å². The van der Waals surface area contributed by atoms with E-state index in [1.165, 1.54) is 6.07 Å². The van der Waals surface area contributed by atoms with Gasteiger partial charge in [-0.2, -0.15) is 5.26 Å². The van der Waals surface area contributed by atoms with Gasteiger partial charge in [-0.1, -0.05) is 11.6 Å². The normalized spacial score (nSPS) is 9.21. The van der Waals surface area contributed by atoms with Gasteiger partial charge in [0.1, 0.15) is 6.07 Å². The molecule has 0 radical (unpaired) electrons. The molecule has 1 aromatic rings. The minimum absolute atomic E-state index is 0.0378. The molecular weight excluding hydrogens is 211 g/mol. The van der Waals surface area contributed by atoms with Crippen molar-refractivity contribution >= 4 is 17.7 Å². The fourth-order valence-electron chi connectivity index (χ4n) is 0.848. The number of benzene rings is 1. The first-order chi connectivity index (χ1) is 6.54.